The summed E-state index contributed by atoms with van der Waals surface area (Å²) in [6, 6.07) is 13.7. The van der Waals surface area contributed by atoms with Crippen molar-refractivity contribution in [2.45, 2.75) is 18.5 Å². The van der Waals surface area contributed by atoms with Gasteiger partial charge in [0.15, 0.2) is 0 Å². The molecule has 3 rings (SSSR count). The number of amides is 2. The van der Waals surface area contributed by atoms with Crippen molar-refractivity contribution in [2.24, 2.45) is 0 Å². The highest BCUT2D eigenvalue weighted by atomic mass is 32.2. The molecule has 1 fully saturated rings. The summed E-state index contributed by atoms with van der Waals surface area (Å²) in [5, 5.41) is 8.89. The first kappa shape index (κ1) is 24.2. The van der Waals surface area contributed by atoms with Crippen LogP contribution in [0.5, 0.6) is 0 Å². The van der Waals surface area contributed by atoms with Gasteiger partial charge in [0.25, 0.3) is 5.91 Å². The molecule has 0 aliphatic carbocycles. The molecule has 9 heteroatoms. The second kappa shape index (κ2) is 11.9. The van der Waals surface area contributed by atoms with E-state index in [0.29, 0.717) is 29.0 Å². The van der Waals surface area contributed by atoms with Gasteiger partial charge < -0.3 is 15.4 Å². The molecule has 0 bridgehead atoms. The summed E-state index contributed by atoms with van der Waals surface area (Å²) in [5.41, 5.74) is 2.53. The van der Waals surface area contributed by atoms with Crippen molar-refractivity contribution in [3.8, 4) is 11.1 Å². The van der Waals surface area contributed by atoms with E-state index in [-0.39, 0.29) is 17.9 Å². The first-order valence-corrected chi connectivity index (χ1v) is 12.8. The Bertz CT molecular complexity index is 950. The maximum atomic E-state index is 13.1. The van der Waals surface area contributed by atoms with Crippen LogP contribution in [0.3, 0.4) is 0 Å². The second-order valence-electron chi connectivity index (χ2n) is 7.22. The Labute approximate surface area is 196 Å². The number of anilines is 1. The fraction of sp³-hybridized carbons (Fsp3) is 0.348. The van der Waals surface area contributed by atoms with Crippen LogP contribution < -0.4 is 16.0 Å². The van der Waals surface area contributed by atoms with Crippen LogP contribution in [0.25, 0.3) is 11.1 Å². The molecular formula is C23H27N3O4S2. The Morgan fingerprint density at radius 1 is 1.22 bits per heavy atom. The van der Waals surface area contributed by atoms with Crippen LogP contribution in [0.4, 0.5) is 5.69 Å². The zero-order valence-electron chi connectivity index (χ0n) is 18.1. The molecule has 1 saturated heterocycles. The van der Waals surface area contributed by atoms with Crippen molar-refractivity contribution < 1.29 is 19.1 Å². The van der Waals surface area contributed by atoms with Crippen LogP contribution in [0.1, 0.15) is 16.8 Å². The summed E-state index contributed by atoms with van der Waals surface area (Å²) in [5.74, 6) is 1.25. The number of rotatable bonds is 9. The molecule has 1 aliphatic heterocycles. The predicted molar refractivity (Wildman–Crippen MR) is 131 cm³/mol. The minimum absolute atomic E-state index is 0.103. The molecule has 0 aromatic heterocycles. The smallest absolute Gasteiger partial charge is 0.328 e. The molecule has 2 amide bonds. The highest BCUT2D eigenvalue weighted by Gasteiger charge is 2.25. The minimum atomic E-state index is -0.728. The monoisotopic (exact) mass is 473 g/mol. The lowest BCUT2D eigenvalue weighted by Gasteiger charge is -2.18. The van der Waals surface area contributed by atoms with E-state index in [0.717, 1.165) is 17.2 Å². The zero-order chi connectivity index (χ0) is 22.9. The van der Waals surface area contributed by atoms with Gasteiger partial charge in [0, 0.05) is 22.9 Å². The van der Waals surface area contributed by atoms with Gasteiger partial charge in [0.05, 0.1) is 13.2 Å². The standard InChI is InChI=1S/C23H27N3O4S2/c1-30-23(29)19(10-11-31-2)26-21(27)17-9-8-16(25-22(28)20-13-32-14-24-20)12-18(17)15-6-4-3-5-7-15/h3-9,12,19-20,24H,10-11,13-14H2,1-2H3,(H,25,28)(H,26,27). The summed E-state index contributed by atoms with van der Waals surface area (Å²) >= 11 is 3.27. The number of nitrogens with one attached hydrogen (secondary N) is 3. The predicted octanol–water partition coefficient (Wildman–Crippen LogP) is 2.98. The average molecular weight is 474 g/mol. The molecule has 1 aliphatic rings. The highest BCUT2D eigenvalue weighted by Crippen LogP contribution is 2.28. The van der Waals surface area contributed by atoms with Crippen LogP contribution in [0.15, 0.2) is 48.5 Å². The van der Waals surface area contributed by atoms with Gasteiger partial charge in [-0.15, -0.1) is 11.8 Å². The van der Waals surface area contributed by atoms with Crippen molar-refractivity contribution in [3.05, 3.63) is 54.1 Å². The van der Waals surface area contributed by atoms with Crippen molar-refractivity contribution in [3.63, 3.8) is 0 Å². The molecular weight excluding hydrogens is 446 g/mol. The maximum Gasteiger partial charge on any atom is 0.328 e. The van der Waals surface area contributed by atoms with Crippen LogP contribution >= 0.6 is 23.5 Å². The fourth-order valence-electron chi connectivity index (χ4n) is 3.33. The summed E-state index contributed by atoms with van der Waals surface area (Å²) in [6.07, 6.45) is 2.41. The minimum Gasteiger partial charge on any atom is -0.467 e. The topological polar surface area (TPSA) is 96.5 Å². The first-order chi connectivity index (χ1) is 15.5. The third-order valence-corrected chi connectivity index (χ3v) is 6.63. The van der Waals surface area contributed by atoms with Crippen molar-refractivity contribution >= 4 is 47.0 Å². The number of esters is 1. The Morgan fingerprint density at radius 3 is 2.66 bits per heavy atom. The summed E-state index contributed by atoms with van der Waals surface area (Å²) < 4.78 is 4.85. The van der Waals surface area contributed by atoms with Gasteiger partial charge in [-0.3, -0.25) is 14.9 Å². The van der Waals surface area contributed by atoms with Gasteiger partial charge in [0.1, 0.15) is 6.04 Å². The van der Waals surface area contributed by atoms with E-state index < -0.39 is 12.0 Å². The number of ether oxygens (including phenoxy) is 1. The third-order valence-electron chi connectivity index (χ3n) is 5.05. The van der Waals surface area contributed by atoms with Crippen LogP contribution in [-0.2, 0) is 14.3 Å². The molecule has 170 valence electrons. The Morgan fingerprint density at radius 2 is 2.00 bits per heavy atom. The number of carbonyl (C=O) groups is 3. The summed E-state index contributed by atoms with van der Waals surface area (Å²) in [4.78, 5) is 37.8. The quantitative estimate of drug-likeness (QED) is 0.482. The first-order valence-electron chi connectivity index (χ1n) is 10.2. The van der Waals surface area contributed by atoms with Crippen molar-refractivity contribution in [1.82, 2.24) is 10.6 Å². The number of benzene rings is 2. The molecule has 32 heavy (non-hydrogen) atoms. The molecule has 0 saturated carbocycles. The molecule has 2 aromatic carbocycles. The van der Waals surface area contributed by atoms with Gasteiger partial charge in [-0.1, -0.05) is 30.3 Å². The highest BCUT2D eigenvalue weighted by molar-refractivity contribution is 7.99. The van der Waals surface area contributed by atoms with Crippen LogP contribution in [-0.4, -0.2) is 60.6 Å². The van der Waals surface area contributed by atoms with E-state index in [1.165, 1.54) is 7.11 Å². The van der Waals surface area contributed by atoms with Crippen LogP contribution in [0.2, 0.25) is 0 Å². The van der Waals surface area contributed by atoms with Crippen molar-refractivity contribution in [1.29, 1.82) is 0 Å². The van der Waals surface area contributed by atoms with E-state index in [9.17, 15) is 14.4 Å². The van der Waals surface area contributed by atoms with Gasteiger partial charge in [-0.05, 0) is 47.8 Å². The Hall–Kier alpha value is -2.49. The zero-order valence-corrected chi connectivity index (χ0v) is 19.7. The Balaban J connectivity index is 1.87. The third kappa shape index (κ3) is 6.27. The van der Waals surface area contributed by atoms with E-state index >= 15 is 0 Å². The number of hydrogen-bond donors (Lipinski definition) is 3. The number of methoxy groups -OCH3 is 1. The molecule has 2 aromatic rings. The lowest BCUT2D eigenvalue weighted by molar-refractivity contribution is -0.142. The van der Waals surface area contributed by atoms with Crippen LogP contribution in [0, 0.1) is 0 Å². The molecule has 1 heterocycles. The number of thioether (sulfide) groups is 2. The molecule has 2 atom stereocenters. The second-order valence-corrected chi connectivity index (χ2v) is 9.23. The number of carbonyl (C=O) groups excluding carboxylic acids is 3. The van der Waals surface area contributed by atoms with Gasteiger partial charge in [0.2, 0.25) is 5.91 Å². The molecule has 2 unspecified atom stereocenters. The van der Waals surface area contributed by atoms with Gasteiger partial charge in [-0.25, -0.2) is 4.79 Å². The number of hydrogen-bond acceptors (Lipinski definition) is 7. The Kier molecular flexibility index (Phi) is 9.01. The molecule has 7 nitrogen and oxygen atoms in total. The van der Waals surface area contributed by atoms with Gasteiger partial charge >= 0.3 is 5.97 Å². The van der Waals surface area contributed by atoms with E-state index in [2.05, 4.69) is 16.0 Å². The SMILES string of the molecule is COC(=O)C(CCSC)NC(=O)c1ccc(NC(=O)C2CSCN2)cc1-c1ccccc1. The van der Waals surface area contributed by atoms with Gasteiger partial charge in [-0.2, -0.15) is 11.8 Å². The normalized spacial score (nSPS) is 16.2. The van der Waals surface area contributed by atoms with E-state index in [1.807, 2.05) is 36.6 Å². The summed E-state index contributed by atoms with van der Waals surface area (Å²) in [7, 11) is 1.31. The average Bonchev–Trinajstić information content (AvgIpc) is 3.37. The molecule has 0 spiro atoms. The lowest BCUT2D eigenvalue weighted by Crippen LogP contribution is -2.42. The van der Waals surface area contributed by atoms with Crippen molar-refractivity contribution in [2.75, 3.05) is 36.1 Å². The lowest BCUT2D eigenvalue weighted by atomic mass is 9.98. The molecule has 3 N–H and O–H groups in total. The van der Waals surface area contributed by atoms with E-state index in [1.54, 1.807) is 41.7 Å². The van der Waals surface area contributed by atoms with E-state index in [4.69, 9.17) is 4.74 Å². The molecule has 0 radical (unpaired) electrons. The largest absolute Gasteiger partial charge is 0.467 e. The maximum absolute atomic E-state index is 13.1. The summed E-state index contributed by atoms with van der Waals surface area (Å²) in [6.45, 7) is 0. The fourth-order valence-corrected chi connectivity index (χ4v) is 4.75.